The highest BCUT2D eigenvalue weighted by atomic mass is 32.2. The van der Waals surface area contributed by atoms with E-state index >= 15 is 0 Å². The number of anilines is 1. The van der Waals surface area contributed by atoms with Gasteiger partial charge >= 0.3 is 12.1 Å². The normalized spacial score (nSPS) is 15.4. The van der Waals surface area contributed by atoms with Crippen LogP contribution >= 0.6 is 11.8 Å². The number of ether oxygens (including phenoxy) is 1. The Morgan fingerprint density at radius 2 is 1.73 bits per heavy atom. The van der Waals surface area contributed by atoms with E-state index in [9.17, 15) is 33.6 Å². The number of amides is 8. The lowest BCUT2D eigenvalue weighted by Gasteiger charge is -2.25. The second-order valence-corrected chi connectivity index (χ2v) is 12.7. The first-order chi connectivity index (χ1) is 22.9. The van der Waals surface area contributed by atoms with Crippen molar-refractivity contribution in [3.63, 3.8) is 0 Å². The van der Waals surface area contributed by atoms with E-state index in [0.29, 0.717) is 50.9 Å². The van der Waals surface area contributed by atoms with Gasteiger partial charge in [-0.15, -0.1) is 0 Å². The van der Waals surface area contributed by atoms with Gasteiger partial charge in [0.05, 0.1) is 5.25 Å². The maximum absolute atomic E-state index is 13.4. The molecule has 7 N–H and O–H groups in total. The summed E-state index contributed by atoms with van der Waals surface area (Å²) < 4.78 is 5.10. The van der Waals surface area contributed by atoms with Crippen LogP contribution in [0.15, 0.2) is 24.3 Å². The minimum atomic E-state index is -0.993. The molecule has 0 aromatic heterocycles. The molecule has 1 saturated heterocycles. The molecule has 8 amide bonds. The van der Waals surface area contributed by atoms with Gasteiger partial charge in [-0.1, -0.05) is 39.2 Å². The number of thioether (sulfide) groups is 1. The molecule has 0 radical (unpaired) electrons. The van der Waals surface area contributed by atoms with E-state index in [-0.39, 0.29) is 61.3 Å². The average molecular weight is 690 g/mol. The first-order valence-corrected chi connectivity index (χ1v) is 17.4. The van der Waals surface area contributed by atoms with E-state index in [4.69, 9.17) is 10.5 Å². The zero-order valence-corrected chi connectivity index (χ0v) is 28.9. The topological polar surface area (TPSA) is 218 Å². The third-order valence-corrected chi connectivity index (χ3v) is 8.49. The molecular formula is C31H48BN7O8S. The Morgan fingerprint density at radius 1 is 1.02 bits per heavy atom. The van der Waals surface area contributed by atoms with Crippen molar-refractivity contribution in [3.8, 4) is 0 Å². The van der Waals surface area contributed by atoms with Crippen molar-refractivity contribution in [1.29, 1.82) is 0 Å². The molecule has 48 heavy (non-hydrogen) atoms. The smallest absolute Gasteiger partial charge is 0.394 e. The third-order valence-electron chi connectivity index (χ3n) is 7.55. The lowest BCUT2D eigenvalue weighted by Crippen LogP contribution is -2.54. The van der Waals surface area contributed by atoms with Crippen molar-refractivity contribution in [2.24, 2.45) is 11.7 Å². The minimum absolute atomic E-state index is 0.0489. The largest absolute Gasteiger partial charge is 0.446 e. The number of nitrogens with one attached hydrogen (secondary N) is 5. The Balaban J connectivity index is 1.93. The van der Waals surface area contributed by atoms with Crippen molar-refractivity contribution >= 4 is 66.5 Å². The maximum Gasteiger partial charge on any atom is 0.394 e. The molecule has 17 heteroatoms. The highest BCUT2D eigenvalue weighted by molar-refractivity contribution is 8.00. The monoisotopic (exact) mass is 689 g/mol. The Kier molecular flexibility index (Phi) is 17.3. The highest BCUT2D eigenvalue weighted by Gasteiger charge is 2.37. The van der Waals surface area contributed by atoms with E-state index in [1.165, 1.54) is 16.7 Å². The standard InChI is InChI=1S/C31H48BN7O8S/c1-19(2)26(37-24(40)10-6-5-7-16-39-25(41)17-23(48-4)29(39)44)28(43)36-22(9-8-15-34-30(33)45)27(42)35-21-13-11-20(12-14-21)18-47-31(46)38-32-3/h11-14,19,22-23,26,32H,5-10,15-18H2,1-4H3,(H,35,42)(H,36,43)(H,37,40)(H,38,46)(H3,33,34,45)/t22-,23?,26?/m0/s1. The van der Waals surface area contributed by atoms with Crippen molar-refractivity contribution in [2.75, 3.05) is 24.7 Å². The number of hydrogen-bond acceptors (Lipinski definition) is 9. The van der Waals surface area contributed by atoms with Crippen molar-refractivity contribution in [3.05, 3.63) is 29.8 Å². The van der Waals surface area contributed by atoms with Crippen LogP contribution in [0, 0.1) is 5.92 Å². The molecular weight excluding hydrogens is 641 g/mol. The van der Waals surface area contributed by atoms with Crippen LogP contribution in [0.5, 0.6) is 0 Å². The predicted molar refractivity (Wildman–Crippen MR) is 184 cm³/mol. The van der Waals surface area contributed by atoms with Gasteiger partial charge in [0.15, 0.2) is 0 Å². The fourth-order valence-electron chi connectivity index (χ4n) is 4.89. The molecule has 1 aromatic rings. The van der Waals surface area contributed by atoms with Gasteiger partial charge in [-0.3, -0.25) is 28.9 Å². The molecule has 0 saturated carbocycles. The first kappa shape index (κ1) is 39.9. The maximum atomic E-state index is 13.4. The summed E-state index contributed by atoms with van der Waals surface area (Å²) in [5.74, 6) is -1.99. The molecule has 2 unspecified atom stereocenters. The second kappa shape index (κ2) is 20.9. The van der Waals surface area contributed by atoms with Gasteiger partial charge in [-0.05, 0) is 55.6 Å². The number of carbonyl (C=O) groups is 7. The molecule has 1 heterocycles. The van der Waals surface area contributed by atoms with Gasteiger partial charge in [-0.2, -0.15) is 11.8 Å². The summed E-state index contributed by atoms with van der Waals surface area (Å²) in [6.45, 7) is 5.89. The average Bonchev–Trinajstić information content (AvgIpc) is 3.32. The van der Waals surface area contributed by atoms with Crippen molar-refractivity contribution in [1.82, 2.24) is 26.1 Å². The van der Waals surface area contributed by atoms with Crippen LogP contribution in [-0.4, -0.2) is 90.7 Å². The third kappa shape index (κ3) is 13.8. The van der Waals surface area contributed by atoms with Gasteiger partial charge < -0.3 is 37.0 Å². The lowest BCUT2D eigenvalue weighted by atomic mass is 10.0. The van der Waals surface area contributed by atoms with Gasteiger partial charge in [0, 0.05) is 31.6 Å². The first-order valence-electron chi connectivity index (χ1n) is 16.2. The zero-order chi connectivity index (χ0) is 35.6. The summed E-state index contributed by atoms with van der Waals surface area (Å²) >= 11 is 1.37. The van der Waals surface area contributed by atoms with E-state index in [1.54, 1.807) is 51.2 Å². The van der Waals surface area contributed by atoms with Crippen LogP contribution in [-0.2, 0) is 35.3 Å². The van der Waals surface area contributed by atoms with E-state index in [1.807, 2.05) is 0 Å². The van der Waals surface area contributed by atoms with Crippen molar-refractivity contribution < 1.29 is 38.3 Å². The Hall–Kier alpha value is -4.28. The van der Waals surface area contributed by atoms with Gasteiger partial charge in [-0.25, -0.2) is 9.59 Å². The van der Waals surface area contributed by atoms with Crippen LogP contribution in [0.1, 0.15) is 64.4 Å². The zero-order valence-electron chi connectivity index (χ0n) is 28.1. The number of benzene rings is 1. The van der Waals surface area contributed by atoms with Crippen LogP contribution in [0.4, 0.5) is 15.3 Å². The number of nitrogens with two attached hydrogens (primary N) is 1. The van der Waals surface area contributed by atoms with Crippen molar-refractivity contribution in [2.45, 2.75) is 89.6 Å². The molecule has 1 aliphatic heterocycles. The number of carbonyl (C=O) groups excluding carboxylic acids is 7. The quantitative estimate of drug-likeness (QED) is 0.0661. The SMILES string of the molecule is CBNC(=O)OCc1ccc(NC(=O)[C@H](CCCNC(N)=O)NC(=O)C(NC(=O)CCCCCN2C(=O)CC(SC)C2=O)C(C)C)cc1. The summed E-state index contributed by atoms with van der Waals surface area (Å²) in [5.41, 5.74) is 6.30. The summed E-state index contributed by atoms with van der Waals surface area (Å²) in [5, 5.41) is 13.0. The minimum Gasteiger partial charge on any atom is -0.446 e. The molecule has 2 rings (SSSR count). The van der Waals surface area contributed by atoms with E-state index in [0.717, 1.165) is 0 Å². The summed E-state index contributed by atoms with van der Waals surface area (Å²) in [6.07, 6.45) is 3.86. The Bertz CT molecular complexity index is 1280. The molecule has 264 valence electrons. The van der Waals surface area contributed by atoms with Gasteiger partial charge in [0.1, 0.15) is 18.7 Å². The Labute approximate surface area is 286 Å². The number of likely N-dealkylation sites (tertiary alicyclic amines) is 1. The lowest BCUT2D eigenvalue weighted by molar-refractivity contribution is -0.138. The molecule has 1 aliphatic rings. The van der Waals surface area contributed by atoms with Gasteiger partial charge in [0.25, 0.3) is 0 Å². The summed E-state index contributed by atoms with van der Waals surface area (Å²) in [7, 11) is 0.443. The fourth-order valence-corrected chi connectivity index (χ4v) is 5.53. The predicted octanol–water partition coefficient (Wildman–Crippen LogP) is 1.38. The number of primary amides is 1. The molecule has 0 aliphatic carbocycles. The fraction of sp³-hybridized carbons (Fsp3) is 0.581. The number of unbranched alkanes of at least 4 members (excludes halogenated alkanes) is 2. The second-order valence-electron chi connectivity index (χ2n) is 11.7. The molecule has 15 nitrogen and oxygen atoms in total. The van der Waals surface area contributed by atoms with Crippen LogP contribution in [0.25, 0.3) is 0 Å². The molecule has 1 fully saturated rings. The molecule has 3 atom stereocenters. The number of imide groups is 1. The van der Waals surface area contributed by atoms with Crippen LogP contribution in [0.2, 0.25) is 6.82 Å². The molecule has 0 spiro atoms. The number of nitrogens with zero attached hydrogens (tertiary/aromatic N) is 1. The van der Waals surface area contributed by atoms with E-state index < -0.39 is 36.0 Å². The Morgan fingerprint density at radius 3 is 2.33 bits per heavy atom. The molecule has 0 bridgehead atoms. The summed E-state index contributed by atoms with van der Waals surface area (Å²) in [4.78, 5) is 87.7. The van der Waals surface area contributed by atoms with Crippen LogP contribution in [0.3, 0.4) is 0 Å². The van der Waals surface area contributed by atoms with Gasteiger partial charge in [0.2, 0.25) is 37.0 Å². The number of rotatable bonds is 20. The number of hydrogen-bond donors (Lipinski definition) is 6. The molecule has 1 aromatic carbocycles. The summed E-state index contributed by atoms with van der Waals surface area (Å²) in [6, 6.07) is 4.05. The van der Waals surface area contributed by atoms with E-state index in [2.05, 4.69) is 26.5 Å². The van der Waals surface area contributed by atoms with Crippen LogP contribution < -0.4 is 32.2 Å². The number of urea groups is 1. The highest BCUT2D eigenvalue weighted by Crippen LogP contribution is 2.23.